The highest BCUT2D eigenvalue weighted by Gasteiger charge is 2.52. The standard InChI is InChI=1S/C23H25F5N4O4/c1-2-31-10-13-8-15(29-6-5-23(26,27)28)17-16(19(33)20(34)18(22(31)36)32(13)17)21(35)30-9-11-3-4-12(24)7-14(11)25/h3-4,7,13,15,19,29,33-34H,2,5-6,8-10H2,1H3,(H,30,35)/t13-,15+,19?/m1/s1. The van der Waals surface area contributed by atoms with Gasteiger partial charge in [-0.2, -0.15) is 13.2 Å². The molecule has 8 nitrogen and oxygen atoms in total. The smallest absolute Gasteiger partial charge is 0.390 e. The molecule has 3 aliphatic heterocycles. The minimum Gasteiger partial charge on any atom is -0.507 e. The van der Waals surface area contributed by atoms with Crippen LogP contribution in [-0.4, -0.2) is 75.8 Å². The monoisotopic (exact) mass is 516 g/mol. The van der Waals surface area contributed by atoms with Crippen molar-refractivity contribution in [3.05, 3.63) is 58.1 Å². The fraction of sp³-hybridized carbons (Fsp3) is 0.478. The molecule has 3 heterocycles. The SMILES string of the molecule is CCN1C[C@H]2C[C@H](NCCC(F)(F)F)C3=C(C(=O)NCc4ccc(F)cc4F)C(O)C(O)=C(C1=O)N32. The first kappa shape index (κ1) is 25.9. The second-order valence-corrected chi connectivity index (χ2v) is 8.83. The van der Waals surface area contributed by atoms with Crippen molar-refractivity contribution in [2.75, 3.05) is 19.6 Å². The van der Waals surface area contributed by atoms with Crippen LogP contribution in [0.1, 0.15) is 25.3 Å². The lowest BCUT2D eigenvalue weighted by atomic mass is 9.95. The minimum atomic E-state index is -4.42. The fourth-order valence-electron chi connectivity index (χ4n) is 4.88. The molecule has 1 aromatic carbocycles. The van der Waals surface area contributed by atoms with E-state index in [1.807, 2.05) is 0 Å². The van der Waals surface area contributed by atoms with Crippen molar-refractivity contribution >= 4 is 11.8 Å². The fourth-order valence-corrected chi connectivity index (χ4v) is 4.88. The molecular weight excluding hydrogens is 491 g/mol. The lowest BCUT2D eigenvalue weighted by Crippen LogP contribution is -2.55. The summed E-state index contributed by atoms with van der Waals surface area (Å²) in [6.45, 7) is 1.38. The number of nitrogens with zero attached hydrogens (tertiary/aromatic N) is 2. The average molecular weight is 516 g/mol. The van der Waals surface area contributed by atoms with E-state index >= 15 is 0 Å². The van der Waals surface area contributed by atoms with Gasteiger partial charge in [0.1, 0.15) is 23.4 Å². The molecule has 1 unspecified atom stereocenters. The molecule has 3 atom stereocenters. The third kappa shape index (κ3) is 4.76. The molecular formula is C23H25F5N4O4. The Morgan fingerprint density at radius 2 is 1.97 bits per heavy atom. The number of carbonyl (C=O) groups excluding carboxylic acids is 2. The highest BCUT2D eigenvalue weighted by atomic mass is 19.4. The molecule has 0 spiro atoms. The summed E-state index contributed by atoms with van der Waals surface area (Å²) < 4.78 is 65.4. The van der Waals surface area contributed by atoms with E-state index in [4.69, 9.17) is 0 Å². The van der Waals surface area contributed by atoms with Gasteiger partial charge in [0, 0.05) is 43.5 Å². The quantitative estimate of drug-likeness (QED) is 0.413. The summed E-state index contributed by atoms with van der Waals surface area (Å²) in [6, 6.07) is 1.49. The normalized spacial score (nSPS) is 24.0. The summed E-state index contributed by atoms with van der Waals surface area (Å²) in [5, 5.41) is 26.7. The lowest BCUT2D eigenvalue weighted by molar-refractivity contribution is -0.134. The van der Waals surface area contributed by atoms with Gasteiger partial charge in [-0.15, -0.1) is 0 Å². The van der Waals surface area contributed by atoms with Crippen LogP contribution in [0.5, 0.6) is 0 Å². The van der Waals surface area contributed by atoms with E-state index in [1.165, 1.54) is 9.80 Å². The molecule has 4 N–H and O–H groups in total. The van der Waals surface area contributed by atoms with Gasteiger partial charge in [0.05, 0.1) is 24.1 Å². The number of carbonyl (C=O) groups is 2. The van der Waals surface area contributed by atoms with Crippen LogP contribution in [-0.2, 0) is 16.1 Å². The molecule has 3 aliphatic rings. The van der Waals surface area contributed by atoms with Gasteiger partial charge >= 0.3 is 6.18 Å². The Kier molecular flexibility index (Phi) is 6.97. The Balaban J connectivity index is 1.68. The van der Waals surface area contributed by atoms with Crippen molar-refractivity contribution < 1.29 is 41.8 Å². The summed E-state index contributed by atoms with van der Waals surface area (Å²) in [5.41, 5.74) is -0.541. The minimum absolute atomic E-state index is 0.0445. The second kappa shape index (κ2) is 9.69. The van der Waals surface area contributed by atoms with E-state index in [-0.39, 0.29) is 42.0 Å². The number of nitrogens with one attached hydrogen (secondary N) is 2. The van der Waals surface area contributed by atoms with Crippen LogP contribution in [0.15, 0.2) is 40.9 Å². The zero-order chi connectivity index (χ0) is 26.4. The number of hydrogen-bond donors (Lipinski definition) is 4. The summed E-state index contributed by atoms with van der Waals surface area (Å²) in [7, 11) is 0. The molecule has 0 saturated carbocycles. The topological polar surface area (TPSA) is 105 Å². The van der Waals surface area contributed by atoms with E-state index in [9.17, 15) is 41.8 Å². The summed E-state index contributed by atoms with van der Waals surface area (Å²) in [6.07, 6.45) is -7.28. The Hall–Kier alpha value is -3.19. The van der Waals surface area contributed by atoms with Gasteiger partial charge in [-0.1, -0.05) is 6.07 Å². The number of amides is 2. The van der Waals surface area contributed by atoms with Crippen molar-refractivity contribution in [3.8, 4) is 0 Å². The first-order valence-electron chi connectivity index (χ1n) is 11.4. The molecule has 2 saturated heterocycles. The van der Waals surface area contributed by atoms with Crippen molar-refractivity contribution in [1.29, 1.82) is 0 Å². The summed E-state index contributed by atoms with van der Waals surface area (Å²) in [4.78, 5) is 29.0. The molecule has 4 rings (SSSR count). The number of rotatable bonds is 7. The second-order valence-electron chi connectivity index (χ2n) is 8.83. The zero-order valence-corrected chi connectivity index (χ0v) is 19.2. The first-order chi connectivity index (χ1) is 16.9. The molecule has 0 bridgehead atoms. The van der Waals surface area contributed by atoms with E-state index in [0.29, 0.717) is 12.6 Å². The van der Waals surface area contributed by atoms with Crippen LogP contribution in [0.3, 0.4) is 0 Å². The largest absolute Gasteiger partial charge is 0.507 e. The number of benzene rings is 1. The number of piperazine rings is 1. The maximum Gasteiger partial charge on any atom is 0.390 e. The van der Waals surface area contributed by atoms with Gasteiger partial charge in [-0.05, 0) is 19.4 Å². The predicted octanol–water partition coefficient (Wildman–Crippen LogP) is 1.83. The Bertz CT molecular complexity index is 1140. The maximum atomic E-state index is 14.0. The van der Waals surface area contributed by atoms with Gasteiger partial charge in [-0.3, -0.25) is 9.59 Å². The van der Waals surface area contributed by atoms with E-state index in [0.717, 1.165) is 12.1 Å². The summed E-state index contributed by atoms with van der Waals surface area (Å²) >= 11 is 0. The Labute approximate surface area is 203 Å². The molecule has 196 valence electrons. The number of aliphatic hydroxyl groups excluding tert-OH is 2. The molecule has 13 heteroatoms. The number of halogens is 5. The number of alkyl halides is 3. The van der Waals surface area contributed by atoms with Crippen LogP contribution in [0.25, 0.3) is 0 Å². The van der Waals surface area contributed by atoms with Gasteiger partial charge < -0.3 is 30.6 Å². The van der Waals surface area contributed by atoms with Crippen LogP contribution >= 0.6 is 0 Å². The Morgan fingerprint density at radius 1 is 1.25 bits per heavy atom. The third-order valence-corrected chi connectivity index (χ3v) is 6.56. The lowest BCUT2D eigenvalue weighted by Gasteiger charge is -2.43. The van der Waals surface area contributed by atoms with Crippen molar-refractivity contribution in [1.82, 2.24) is 20.4 Å². The molecule has 2 amide bonds. The van der Waals surface area contributed by atoms with E-state index in [1.54, 1.807) is 6.92 Å². The van der Waals surface area contributed by atoms with E-state index < -0.39 is 66.5 Å². The van der Waals surface area contributed by atoms with E-state index in [2.05, 4.69) is 10.6 Å². The highest BCUT2D eigenvalue weighted by molar-refractivity contribution is 6.00. The van der Waals surface area contributed by atoms with Gasteiger partial charge in [0.15, 0.2) is 5.76 Å². The van der Waals surface area contributed by atoms with Crippen LogP contribution in [0.4, 0.5) is 22.0 Å². The number of aliphatic hydroxyl groups is 2. The van der Waals surface area contributed by atoms with Crippen molar-refractivity contribution in [3.63, 3.8) is 0 Å². The zero-order valence-electron chi connectivity index (χ0n) is 19.2. The number of likely N-dealkylation sites (N-methyl/N-ethyl adjacent to an activating group) is 1. The summed E-state index contributed by atoms with van der Waals surface area (Å²) in [5.74, 6) is -3.96. The third-order valence-electron chi connectivity index (χ3n) is 6.56. The van der Waals surface area contributed by atoms with Gasteiger partial charge in [0.2, 0.25) is 0 Å². The predicted molar refractivity (Wildman–Crippen MR) is 116 cm³/mol. The van der Waals surface area contributed by atoms with Crippen LogP contribution in [0.2, 0.25) is 0 Å². The molecule has 0 aromatic heterocycles. The van der Waals surface area contributed by atoms with Gasteiger partial charge in [-0.25, -0.2) is 8.78 Å². The first-order valence-corrected chi connectivity index (χ1v) is 11.4. The maximum absolute atomic E-state index is 14.0. The van der Waals surface area contributed by atoms with Crippen LogP contribution < -0.4 is 10.6 Å². The van der Waals surface area contributed by atoms with Gasteiger partial charge in [0.25, 0.3) is 11.8 Å². The average Bonchev–Trinajstić information content (AvgIpc) is 3.14. The molecule has 2 fully saturated rings. The van der Waals surface area contributed by atoms with Crippen LogP contribution in [0, 0.1) is 11.6 Å². The molecule has 0 aliphatic carbocycles. The Morgan fingerprint density at radius 3 is 2.61 bits per heavy atom. The molecule has 0 radical (unpaired) electrons. The molecule has 1 aromatic rings. The van der Waals surface area contributed by atoms with Crippen molar-refractivity contribution in [2.45, 2.75) is 50.7 Å². The number of hydrogen-bond acceptors (Lipinski definition) is 6. The highest BCUT2D eigenvalue weighted by Crippen LogP contribution is 2.43. The molecule has 36 heavy (non-hydrogen) atoms. The van der Waals surface area contributed by atoms with Crippen molar-refractivity contribution in [2.24, 2.45) is 0 Å².